The van der Waals surface area contributed by atoms with E-state index in [1.165, 1.54) is 26.1 Å². The Balaban J connectivity index is 1.89. The summed E-state index contributed by atoms with van der Waals surface area (Å²) in [6.07, 6.45) is 1.54. The van der Waals surface area contributed by atoms with Crippen LogP contribution < -0.4 is 0 Å². The molecular weight excluding hydrogens is 98.1 g/mol. The van der Waals surface area contributed by atoms with Gasteiger partial charge in [0.05, 0.1) is 0 Å². The highest BCUT2D eigenvalue weighted by molar-refractivity contribution is 4.96. The minimum absolute atomic E-state index is 1.12. The van der Waals surface area contributed by atoms with E-state index in [4.69, 9.17) is 0 Å². The number of rotatable bonds is 1. The topological polar surface area (TPSA) is 3.24 Å². The Morgan fingerprint density at radius 1 is 1.38 bits per heavy atom. The summed E-state index contributed by atoms with van der Waals surface area (Å²) in [7, 11) is 0. The van der Waals surface area contributed by atoms with Crippen molar-refractivity contribution in [1.29, 1.82) is 0 Å². The van der Waals surface area contributed by atoms with E-state index >= 15 is 0 Å². The summed E-state index contributed by atoms with van der Waals surface area (Å²) in [5.74, 6) is 2.24. The van der Waals surface area contributed by atoms with E-state index < -0.39 is 0 Å². The summed E-state index contributed by atoms with van der Waals surface area (Å²) in [4.78, 5) is 2.55. The first-order valence-electron chi connectivity index (χ1n) is 3.62. The van der Waals surface area contributed by atoms with Gasteiger partial charge in [0.2, 0.25) is 0 Å². The fraction of sp³-hybridized carbons (Fsp3) is 1.00. The molecule has 0 aromatic heterocycles. The molecule has 1 saturated heterocycles. The molecule has 1 aliphatic carbocycles. The highest BCUT2D eigenvalue weighted by Gasteiger charge is 2.44. The van der Waals surface area contributed by atoms with Crippen molar-refractivity contribution in [2.75, 3.05) is 19.6 Å². The van der Waals surface area contributed by atoms with Gasteiger partial charge < -0.3 is 4.90 Å². The van der Waals surface area contributed by atoms with Crippen molar-refractivity contribution < 1.29 is 0 Å². The van der Waals surface area contributed by atoms with Gasteiger partial charge in [0.1, 0.15) is 0 Å². The highest BCUT2D eigenvalue weighted by Crippen LogP contribution is 2.44. The molecule has 1 saturated carbocycles. The molecule has 0 N–H and O–H groups in total. The van der Waals surface area contributed by atoms with Crippen molar-refractivity contribution in [3.8, 4) is 0 Å². The van der Waals surface area contributed by atoms with E-state index in [1.54, 1.807) is 0 Å². The Hall–Kier alpha value is -0.0400. The van der Waals surface area contributed by atoms with Gasteiger partial charge in [-0.3, -0.25) is 0 Å². The summed E-state index contributed by atoms with van der Waals surface area (Å²) in [6, 6.07) is 0. The van der Waals surface area contributed by atoms with Crippen LogP contribution in [-0.4, -0.2) is 24.5 Å². The van der Waals surface area contributed by atoms with E-state index in [0.717, 1.165) is 11.8 Å². The van der Waals surface area contributed by atoms with Gasteiger partial charge in [-0.1, -0.05) is 6.92 Å². The van der Waals surface area contributed by atoms with Crippen LogP contribution in [0.5, 0.6) is 0 Å². The van der Waals surface area contributed by atoms with Crippen LogP contribution >= 0.6 is 0 Å². The molecule has 0 aromatic rings. The molecule has 2 aliphatic rings. The van der Waals surface area contributed by atoms with Crippen LogP contribution in [0.2, 0.25) is 0 Å². The summed E-state index contributed by atoms with van der Waals surface area (Å²) in [5.41, 5.74) is 0. The molecule has 0 bridgehead atoms. The van der Waals surface area contributed by atoms with Crippen molar-refractivity contribution in [3.05, 3.63) is 0 Å². The Bertz CT molecular complexity index is 90.6. The smallest absolute Gasteiger partial charge is 0.00129 e. The molecule has 2 fully saturated rings. The molecule has 2 rings (SSSR count). The molecule has 0 amide bonds. The van der Waals surface area contributed by atoms with Crippen molar-refractivity contribution >= 4 is 0 Å². The van der Waals surface area contributed by atoms with Crippen LogP contribution in [-0.2, 0) is 0 Å². The molecule has 2 atom stereocenters. The van der Waals surface area contributed by atoms with E-state index in [1.807, 2.05) is 0 Å². The zero-order chi connectivity index (χ0) is 5.56. The first-order chi connectivity index (χ1) is 3.90. The standard InChI is InChI=1S/C7H13N/c1-2-8-4-6-3-7(6)5-8/h6-7H,2-5H2,1H3/t6-,7+. The van der Waals surface area contributed by atoms with Gasteiger partial charge in [0, 0.05) is 13.1 Å². The lowest BCUT2D eigenvalue weighted by Gasteiger charge is -2.12. The van der Waals surface area contributed by atoms with E-state index in [0.29, 0.717) is 0 Å². The highest BCUT2D eigenvalue weighted by atomic mass is 15.2. The molecule has 1 aliphatic heterocycles. The Morgan fingerprint density at radius 2 is 2.00 bits per heavy atom. The van der Waals surface area contributed by atoms with E-state index in [9.17, 15) is 0 Å². The molecule has 1 nitrogen and oxygen atoms in total. The fourth-order valence-electron chi connectivity index (χ4n) is 1.75. The third-order valence-electron chi connectivity index (χ3n) is 2.50. The quantitative estimate of drug-likeness (QED) is 0.487. The van der Waals surface area contributed by atoms with E-state index in [-0.39, 0.29) is 0 Å². The zero-order valence-corrected chi connectivity index (χ0v) is 5.43. The first-order valence-corrected chi connectivity index (χ1v) is 3.62. The lowest BCUT2D eigenvalue weighted by Crippen LogP contribution is -2.21. The zero-order valence-electron chi connectivity index (χ0n) is 5.43. The van der Waals surface area contributed by atoms with E-state index in [2.05, 4.69) is 11.8 Å². The average Bonchev–Trinajstić information content (AvgIpc) is 2.40. The number of likely N-dealkylation sites (tertiary alicyclic amines) is 1. The van der Waals surface area contributed by atoms with Crippen LogP contribution in [0.1, 0.15) is 13.3 Å². The number of piperidine rings is 1. The third kappa shape index (κ3) is 0.576. The second kappa shape index (κ2) is 1.47. The Morgan fingerprint density at radius 3 is 2.38 bits per heavy atom. The lowest BCUT2D eigenvalue weighted by atomic mass is 10.4. The molecule has 1 heteroatoms. The molecule has 0 unspecified atom stereocenters. The van der Waals surface area contributed by atoms with Crippen molar-refractivity contribution in [2.24, 2.45) is 11.8 Å². The summed E-state index contributed by atoms with van der Waals surface area (Å²) in [6.45, 7) is 6.33. The van der Waals surface area contributed by atoms with Crippen molar-refractivity contribution in [3.63, 3.8) is 0 Å². The predicted molar refractivity (Wildman–Crippen MR) is 33.7 cm³/mol. The van der Waals surface area contributed by atoms with Gasteiger partial charge in [-0.05, 0) is 24.8 Å². The second-order valence-electron chi connectivity index (χ2n) is 3.11. The molecule has 0 radical (unpaired) electrons. The van der Waals surface area contributed by atoms with Crippen molar-refractivity contribution in [1.82, 2.24) is 4.90 Å². The van der Waals surface area contributed by atoms with Crippen LogP contribution in [0.25, 0.3) is 0 Å². The third-order valence-corrected chi connectivity index (χ3v) is 2.50. The lowest BCUT2D eigenvalue weighted by molar-refractivity contribution is 0.322. The minimum Gasteiger partial charge on any atom is -0.303 e. The van der Waals surface area contributed by atoms with Crippen molar-refractivity contribution in [2.45, 2.75) is 13.3 Å². The number of nitrogens with zero attached hydrogens (tertiary/aromatic N) is 1. The summed E-state index contributed by atoms with van der Waals surface area (Å²) in [5, 5.41) is 0. The molecule has 0 aromatic carbocycles. The molecular formula is C7H13N. The maximum absolute atomic E-state index is 2.55. The van der Waals surface area contributed by atoms with Gasteiger partial charge in [0.25, 0.3) is 0 Å². The number of fused-ring (bicyclic) bond motifs is 1. The van der Waals surface area contributed by atoms with Crippen LogP contribution in [0, 0.1) is 11.8 Å². The summed E-state index contributed by atoms with van der Waals surface area (Å²) >= 11 is 0. The minimum atomic E-state index is 1.12. The maximum atomic E-state index is 2.55. The molecule has 1 heterocycles. The van der Waals surface area contributed by atoms with Gasteiger partial charge in [-0.15, -0.1) is 0 Å². The monoisotopic (exact) mass is 111 g/mol. The normalized spacial score (nSPS) is 44.6. The SMILES string of the molecule is CCN1C[C@H]2C[C@H]2C1. The Kier molecular flexibility index (Phi) is 0.884. The van der Waals surface area contributed by atoms with Crippen LogP contribution in [0.3, 0.4) is 0 Å². The maximum Gasteiger partial charge on any atom is 0.00129 e. The molecule has 8 heavy (non-hydrogen) atoms. The summed E-state index contributed by atoms with van der Waals surface area (Å²) < 4.78 is 0. The van der Waals surface area contributed by atoms with Crippen LogP contribution in [0.15, 0.2) is 0 Å². The predicted octanol–water partition coefficient (Wildman–Crippen LogP) is 0.958. The molecule has 46 valence electrons. The molecule has 0 spiro atoms. The van der Waals surface area contributed by atoms with Gasteiger partial charge in [-0.2, -0.15) is 0 Å². The number of hydrogen-bond donors (Lipinski definition) is 0. The second-order valence-corrected chi connectivity index (χ2v) is 3.11. The van der Waals surface area contributed by atoms with Crippen LogP contribution in [0.4, 0.5) is 0 Å². The number of hydrogen-bond acceptors (Lipinski definition) is 1. The first kappa shape index (κ1) is 4.80. The van der Waals surface area contributed by atoms with Gasteiger partial charge in [-0.25, -0.2) is 0 Å². The Labute approximate surface area is 50.7 Å². The van der Waals surface area contributed by atoms with Gasteiger partial charge >= 0.3 is 0 Å². The van der Waals surface area contributed by atoms with Gasteiger partial charge in [0.15, 0.2) is 0 Å². The fourth-order valence-corrected chi connectivity index (χ4v) is 1.75. The largest absolute Gasteiger partial charge is 0.303 e. The average molecular weight is 111 g/mol.